The van der Waals surface area contributed by atoms with Crippen LogP contribution in [0, 0.1) is 0 Å². The zero-order chi connectivity index (χ0) is 22.7. The molecule has 0 fully saturated rings. The summed E-state index contributed by atoms with van der Waals surface area (Å²) in [5, 5.41) is 12.1. The summed E-state index contributed by atoms with van der Waals surface area (Å²) in [7, 11) is 3.22. The van der Waals surface area contributed by atoms with Crippen molar-refractivity contribution in [1.29, 1.82) is 0 Å². The first-order valence-corrected chi connectivity index (χ1v) is 10.0. The van der Waals surface area contributed by atoms with E-state index in [1.807, 2.05) is 0 Å². The highest BCUT2D eigenvalue weighted by molar-refractivity contribution is 7.98. The van der Waals surface area contributed by atoms with Crippen LogP contribution < -0.4 is 9.64 Å². The average molecular weight is 464 g/mol. The van der Waals surface area contributed by atoms with Gasteiger partial charge in [-0.3, -0.25) is 4.98 Å². The first-order chi connectivity index (χ1) is 15.3. The Kier molecular flexibility index (Phi) is 5.99. The van der Waals surface area contributed by atoms with E-state index in [4.69, 9.17) is 8.94 Å². The standard InChI is InChI=1S/C19H15F3N6O3S/c1-28(2)13-4-3-12(9-14(13)30-19(20,21)22)16-24-15(31-27-16)10-32-18-26-25-17(29-18)11-5-7-23-8-6-11/h3-9H,10H2,1-2H3. The number of thioether (sulfide) groups is 1. The predicted molar refractivity (Wildman–Crippen MR) is 108 cm³/mol. The van der Waals surface area contributed by atoms with Gasteiger partial charge in [-0.05, 0) is 30.3 Å². The van der Waals surface area contributed by atoms with Crippen molar-refractivity contribution in [1.82, 2.24) is 25.3 Å². The largest absolute Gasteiger partial charge is 0.573 e. The molecule has 0 radical (unpaired) electrons. The first-order valence-electron chi connectivity index (χ1n) is 9.05. The zero-order valence-electron chi connectivity index (χ0n) is 16.7. The topological polar surface area (TPSA) is 103 Å². The van der Waals surface area contributed by atoms with E-state index in [1.165, 1.54) is 28.8 Å². The van der Waals surface area contributed by atoms with E-state index in [2.05, 4.69) is 30.1 Å². The van der Waals surface area contributed by atoms with Crippen LogP contribution in [0.25, 0.3) is 22.8 Å². The maximum atomic E-state index is 12.8. The molecule has 4 rings (SSSR count). The summed E-state index contributed by atoms with van der Waals surface area (Å²) in [6.07, 6.45) is -1.60. The Morgan fingerprint density at radius 3 is 2.56 bits per heavy atom. The van der Waals surface area contributed by atoms with E-state index < -0.39 is 6.36 Å². The van der Waals surface area contributed by atoms with Gasteiger partial charge in [-0.1, -0.05) is 16.9 Å². The second-order valence-corrected chi connectivity index (χ2v) is 7.46. The SMILES string of the molecule is CN(C)c1ccc(-c2noc(CSc3nnc(-c4ccncc4)o3)n2)cc1OC(F)(F)F. The quantitative estimate of drug-likeness (QED) is 0.365. The first kappa shape index (κ1) is 21.6. The lowest BCUT2D eigenvalue weighted by atomic mass is 10.1. The van der Waals surface area contributed by atoms with Gasteiger partial charge in [0.15, 0.2) is 5.75 Å². The van der Waals surface area contributed by atoms with Crippen LogP contribution in [0.2, 0.25) is 0 Å². The van der Waals surface area contributed by atoms with Gasteiger partial charge in [0, 0.05) is 37.6 Å². The summed E-state index contributed by atoms with van der Waals surface area (Å²) < 4.78 is 53.3. The molecule has 0 aliphatic rings. The smallest absolute Gasteiger partial charge is 0.411 e. The maximum absolute atomic E-state index is 12.8. The second kappa shape index (κ2) is 8.86. The Balaban J connectivity index is 1.47. The van der Waals surface area contributed by atoms with Gasteiger partial charge in [0.1, 0.15) is 0 Å². The molecular weight excluding hydrogens is 449 g/mol. The fourth-order valence-corrected chi connectivity index (χ4v) is 3.26. The fourth-order valence-electron chi connectivity index (χ4n) is 2.66. The molecule has 166 valence electrons. The molecule has 0 aliphatic heterocycles. The fraction of sp³-hybridized carbons (Fsp3) is 0.211. The van der Waals surface area contributed by atoms with E-state index in [0.717, 1.165) is 5.56 Å². The number of benzene rings is 1. The molecular formula is C19H15F3N6O3S. The minimum Gasteiger partial charge on any atom is -0.411 e. The lowest BCUT2D eigenvalue weighted by Crippen LogP contribution is -2.20. The number of aromatic nitrogens is 5. The molecule has 4 aromatic rings. The molecule has 0 unspecified atom stereocenters. The van der Waals surface area contributed by atoms with Crippen LogP contribution >= 0.6 is 11.8 Å². The number of hydrogen-bond donors (Lipinski definition) is 0. The lowest BCUT2D eigenvalue weighted by molar-refractivity contribution is -0.274. The van der Waals surface area contributed by atoms with E-state index >= 15 is 0 Å². The molecule has 1 aromatic carbocycles. The molecule has 9 nitrogen and oxygen atoms in total. The van der Waals surface area contributed by atoms with Crippen LogP contribution in [0.15, 0.2) is 56.9 Å². The minimum atomic E-state index is -4.83. The third kappa shape index (κ3) is 5.17. The van der Waals surface area contributed by atoms with Crippen molar-refractivity contribution in [2.45, 2.75) is 17.3 Å². The van der Waals surface area contributed by atoms with Crippen molar-refractivity contribution in [2.24, 2.45) is 0 Å². The molecule has 0 amide bonds. The molecule has 0 saturated heterocycles. The van der Waals surface area contributed by atoms with Gasteiger partial charge in [0.25, 0.3) is 5.22 Å². The number of ether oxygens (including phenoxy) is 1. The molecule has 13 heteroatoms. The van der Waals surface area contributed by atoms with Crippen molar-refractivity contribution in [3.8, 4) is 28.6 Å². The molecule has 0 saturated carbocycles. The molecule has 3 aromatic heterocycles. The number of nitrogens with zero attached hydrogens (tertiary/aromatic N) is 6. The minimum absolute atomic E-state index is 0.126. The Morgan fingerprint density at radius 1 is 1.06 bits per heavy atom. The molecule has 0 N–H and O–H groups in total. The van der Waals surface area contributed by atoms with Crippen molar-refractivity contribution >= 4 is 17.4 Å². The van der Waals surface area contributed by atoms with E-state index in [9.17, 15) is 13.2 Å². The van der Waals surface area contributed by atoms with Crippen molar-refractivity contribution < 1.29 is 26.8 Å². The summed E-state index contributed by atoms with van der Waals surface area (Å²) in [6, 6.07) is 7.76. The van der Waals surface area contributed by atoms with Crippen LogP contribution in [0.5, 0.6) is 5.75 Å². The summed E-state index contributed by atoms with van der Waals surface area (Å²) in [6.45, 7) is 0. The van der Waals surface area contributed by atoms with Crippen molar-refractivity contribution in [2.75, 3.05) is 19.0 Å². The Bertz CT molecular complexity index is 1200. The molecule has 0 atom stereocenters. The van der Waals surface area contributed by atoms with Crippen molar-refractivity contribution in [3.05, 3.63) is 48.6 Å². The second-order valence-electron chi connectivity index (χ2n) is 6.53. The molecule has 0 aliphatic carbocycles. The monoisotopic (exact) mass is 464 g/mol. The molecule has 3 heterocycles. The van der Waals surface area contributed by atoms with E-state index in [1.54, 1.807) is 44.7 Å². The Morgan fingerprint density at radius 2 is 1.84 bits per heavy atom. The number of anilines is 1. The molecule has 32 heavy (non-hydrogen) atoms. The van der Waals surface area contributed by atoms with Crippen LogP contribution in [0.3, 0.4) is 0 Å². The van der Waals surface area contributed by atoms with Crippen LogP contribution in [-0.2, 0) is 5.75 Å². The maximum Gasteiger partial charge on any atom is 0.573 e. The summed E-state index contributed by atoms with van der Waals surface area (Å²) in [4.78, 5) is 9.66. The Labute approximate surface area is 183 Å². The van der Waals surface area contributed by atoms with E-state index in [0.29, 0.717) is 16.7 Å². The van der Waals surface area contributed by atoms with Gasteiger partial charge >= 0.3 is 6.36 Å². The molecule has 0 bridgehead atoms. The van der Waals surface area contributed by atoms with Gasteiger partial charge < -0.3 is 18.6 Å². The normalized spacial score (nSPS) is 11.5. The summed E-state index contributed by atoms with van der Waals surface area (Å²) in [5.74, 6) is 0.575. The average Bonchev–Trinajstić information content (AvgIpc) is 3.41. The summed E-state index contributed by atoms with van der Waals surface area (Å²) in [5.41, 5.74) is 1.30. The third-order valence-electron chi connectivity index (χ3n) is 4.05. The highest BCUT2D eigenvalue weighted by Gasteiger charge is 2.32. The van der Waals surface area contributed by atoms with Crippen molar-refractivity contribution in [3.63, 3.8) is 0 Å². The van der Waals surface area contributed by atoms with Gasteiger partial charge in [0.05, 0.1) is 11.4 Å². The van der Waals surface area contributed by atoms with Gasteiger partial charge in [-0.2, -0.15) is 4.98 Å². The van der Waals surface area contributed by atoms with E-state index in [-0.39, 0.29) is 28.9 Å². The number of hydrogen-bond acceptors (Lipinski definition) is 10. The number of pyridine rings is 1. The number of rotatable bonds is 7. The highest BCUT2D eigenvalue weighted by atomic mass is 32.2. The van der Waals surface area contributed by atoms with Crippen LogP contribution in [0.4, 0.5) is 18.9 Å². The third-order valence-corrected chi connectivity index (χ3v) is 4.85. The van der Waals surface area contributed by atoms with Crippen LogP contribution in [-0.4, -0.2) is 45.8 Å². The van der Waals surface area contributed by atoms with Crippen LogP contribution in [0.1, 0.15) is 5.89 Å². The van der Waals surface area contributed by atoms with Gasteiger partial charge in [-0.25, -0.2) is 0 Å². The Hall–Kier alpha value is -3.61. The zero-order valence-corrected chi connectivity index (χ0v) is 17.5. The lowest BCUT2D eigenvalue weighted by Gasteiger charge is -2.19. The van der Waals surface area contributed by atoms with Gasteiger partial charge in [0.2, 0.25) is 17.6 Å². The predicted octanol–water partition coefficient (Wildman–Crippen LogP) is 4.44. The van der Waals surface area contributed by atoms with Gasteiger partial charge in [-0.15, -0.1) is 23.4 Å². The molecule has 0 spiro atoms. The summed E-state index contributed by atoms with van der Waals surface area (Å²) >= 11 is 1.18. The number of alkyl halides is 3. The number of halogens is 3. The highest BCUT2D eigenvalue weighted by Crippen LogP contribution is 2.35.